The molecule has 0 aliphatic carbocycles. The number of carbonyl (C=O) groups excluding carboxylic acids is 1. The summed E-state index contributed by atoms with van der Waals surface area (Å²) in [5, 5.41) is 4.10. The molecule has 1 aliphatic heterocycles. The maximum atomic E-state index is 13.1. The zero-order valence-electron chi connectivity index (χ0n) is 19.5. The second-order valence-electron chi connectivity index (χ2n) is 8.64. The van der Waals surface area contributed by atoms with Crippen LogP contribution in [0.4, 0.5) is 10.5 Å². The number of nitrogens with one attached hydrogen (secondary N) is 1. The Kier molecular flexibility index (Phi) is 6.72. The van der Waals surface area contributed by atoms with E-state index in [0.717, 1.165) is 17.1 Å². The topological polar surface area (TPSA) is 70.5 Å². The number of fused-ring (bicyclic) bond motifs is 1. The van der Waals surface area contributed by atoms with Gasteiger partial charge in [-0.15, -0.1) is 0 Å². The van der Waals surface area contributed by atoms with Crippen LogP contribution < -0.4 is 10.9 Å². The van der Waals surface area contributed by atoms with Crippen LogP contribution in [0.15, 0.2) is 47.3 Å². The van der Waals surface area contributed by atoms with Crippen LogP contribution in [0.2, 0.25) is 5.02 Å². The average Bonchev–Trinajstić information content (AvgIpc) is 2.80. The number of hydrogen-bond acceptors (Lipinski definition) is 4. The maximum absolute atomic E-state index is 13.1. The lowest BCUT2D eigenvalue weighted by atomic mass is 10.1. The lowest BCUT2D eigenvalue weighted by molar-refractivity contribution is 0.0793. The summed E-state index contributed by atoms with van der Waals surface area (Å²) >= 11 is 6.10. The van der Waals surface area contributed by atoms with Crippen molar-refractivity contribution >= 4 is 34.2 Å². The Morgan fingerprint density at radius 2 is 2.00 bits per heavy atom. The molecule has 2 unspecified atom stereocenters. The fourth-order valence-electron chi connectivity index (χ4n) is 4.54. The molecule has 0 radical (unpaired) electrons. The molecule has 0 spiro atoms. The first-order valence-electron chi connectivity index (χ1n) is 11.4. The van der Waals surface area contributed by atoms with Crippen molar-refractivity contribution in [1.29, 1.82) is 0 Å². The fraction of sp³-hybridized carbons (Fsp3) is 0.400. The van der Waals surface area contributed by atoms with E-state index in [1.165, 1.54) is 0 Å². The van der Waals surface area contributed by atoms with Gasteiger partial charge in [0.2, 0.25) is 0 Å². The highest BCUT2D eigenvalue weighted by Gasteiger charge is 2.32. The van der Waals surface area contributed by atoms with Gasteiger partial charge >= 0.3 is 6.03 Å². The van der Waals surface area contributed by atoms with E-state index in [9.17, 15) is 9.59 Å². The third kappa shape index (κ3) is 4.61. The average molecular weight is 468 g/mol. The number of halogens is 1. The molecule has 2 amide bonds. The number of piperazine rings is 1. The second-order valence-corrected chi connectivity index (χ2v) is 9.08. The molecule has 1 aromatic heterocycles. The minimum atomic E-state index is -0.0877. The Morgan fingerprint density at radius 1 is 1.24 bits per heavy atom. The van der Waals surface area contributed by atoms with Crippen molar-refractivity contribution in [2.45, 2.75) is 46.3 Å². The fourth-order valence-corrected chi connectivity index (χ4v) is 4.71. The first-order chi connectivity index (χ1) is 15.8. The number of carbonyl (C=O) groups is 1. The first-order valence-corrected chi connectivity index (χ1v) is 11.7. The predicted octanol–water partition coefficient (Wildman–Crippen LogP) is 4.68. The normalized spacial score (nSPS) is 17.8. The van der Waals surface area contributed by atoms with Gasteiger partial charge < -0.3 is 10.2 Å². The Morgan fingerprint density at radius 3 is 2.70 bits per heavy atom. The van der Waals surface area contributed by atoms with Gasteiger partial charge in [-0.05, 0) is 57.5 Å². The number of anilines is 1. The molecule has 1 aliphatic rings. The number of urea groups is 1. The van der Waals surface area contributed by atoms with Gasteiger partial charge in [-0.1, -0.05) is 29.8 Å². The Labute approximate surface area is 199 Å². The van der Waals surface area contributed by atoms with Crippen molar-refractivity contribution in [1.82, 2.24) is 19.4 Å². The summed E-state index contributed by atoms with van der Waals surface area (Å²) < 4.78 is 1.73. The molecule has 2 heterocycles. The summed E-state index contributed by atoms with van der Waals surface area (Å²) in [5.41, 5.74) is 2.45. The molecule has 7 nitrogen and oxygen atoms in total. The minimum absolute atomic E-state index is 0.0197. The van der Waals surface area contributed by atoms with Crippen LogP contribution in [0, 0.1) is 6.92 Å². The van der Waals surface area contributed by atoms with Crippen LogP contribution in [-0.4, -0.2) is 51.1 Å². The van der Waals surface area contributed by atoms with Crippen molar-refractivity contribution in [3.63, 3.8) is 0 Å². The van der Waals surface area contributed by atoms with Crippen LogP contribution in [0.5, 0.6) is 0 Å². The smallest absolute Gasteiger partial charge is 0.319 e. The van der Waals surface area contributed by atoms with Crippen molar-refractivity contribution < 1.29 is 4.79 Å². The van der Waals surface area contributed by atoms with Gasteiger partial charge in [0.15, 0.2) is 0 Å². The molecule has 1 N–H and O–H groups in total. The van der Waals surface area contributed by atoms with E-state index in [-0.39, 0.29) is 23.7 Å². The van der Waals surface area contributed by atoms with E-state index in [1.54, 1.807) is 22.8 Å². The second kappa shape index (κ2) is 9.53. The van der Waals surface area contributed by atoms with Gasteiger partial charge in [0.05, 0.1) is 16.9 Å². The zero-order chi connectivity index (χ0) is 23.7. The lowest BCUT2D eigenvalue weighted by Crippen LogP contribution is -2.55. The monoisotopic (exact) mass is 467 g/mol. The molecule has 2 atom stereocenters. The number of amides is 2. The number of benzene rings is 2. The molecule has 1 saturated heterocycles. The SMILES string of the molecule is CCn1c(C(C)N2CCN(C(=O)Nc3ccccc3C)C(C)C2)nc2ccc(Cl)cc2c1=O. The molecule has 2 aromatic carbocycles. The van der Waals surface area contributed by atoms with Gasteiger partial charge in [0.25, 0.3) is 5.56 Å². The maximum Gasteiger partial charge on any atom is 0.322 e. The van der Waals surface area contributed by atoms with E-state index in [2.05, 4.69) is 24.1 Å². The van der Waals surface area contributed by atoms with Crippen LogP contribution in [0.25, 0.3) is 10.9 Å². The van der Waals surface area contributed by atoms with Crippen molar-refractivity contribution in [2.24, 2.45) is 0 Å². The molecule has 174 valence electrons. The molecule has 3 aromatic rings. The third-order valence-corrected chi connectivity index (χ3v) is 6.72. The highest BCUT2D eigenvalue weighted by atomic mass is 35.5. The van der Waals surface area contributed by atoms with E-state index in [1.807, 2.05) is 43.0 Å². The number of nitrogens with zero attached hydrogens (tertiary/aromatic N) is 4. The molecule has 33 heavy (non-hydrogen) atoms. The molecular weight excluding hydrogens is 438 g/mol. The third-order valence-electron chi connectivity index (χ3n) is 6.49. The van der Waals surface area contributed by atoms with Gasteiger partial charge in [-0.2, -0.15) is 0 Å². The largest absolute Gasteiger partial charge is 0.322 e. The molecule has 4 rings (SSSR count). The highest BCUT2D eigenvalue weighted by Crippen LogP contribution is 2.25. The molecule has 0 saturated carbocycles. The highest BCUT2D eigenvalue weighted by molar-refractivity contribution is 6.31. The standard InChI is InChI=1S/C25H30ClN5O2/c1-5-30-23(27-22-11-10-19(26)14-20(22)24(30)32)18(4)29-12-13-31(17(3)15-29)25(33)28-21-9-7-6-8-16(21)2/h6-11,14,17-18H,5,12-13,15H2,1-4H3,(H,28,33). The predicted molar refractivity (Wildman–Crippen MR) is 133 cm³/mol. The van der Waals surface area contributed by atoms with Crippen LogP contribution in [-0.2, 0) is 6.54 Å². The van der Waals surface area contributed by atoms with Gasteiger partial charge in [-0.3, -0.25) is 14.3 Å². The summed E-state index contributed by atoms with van der Waals surface area (Å²) in [4.78, 5) is 35.0. The van der Waals surface area contributed by atoms with Crippen molar-refractivity contribution in [3.05, 3.63) is 69.2 Å². The molecular formula is C25H30ClN5O2. The van der Waals surface area contributed by atoms with Crippen LogP contribution >= 0.6 is 11.6 Å². The minimum Gasteiger partial charge on any atom is -0.319 e. The Hall–Kier alpha value is -2.90. The van der Waals surface area contributed by atoms with Crippen LogP contribution in [0.1, 0.15) is 38.2 Å². The summed E-state index contributed by atoms with van der Waals surface area (Å²) in [6.07, 6.45) is 0. The lowest BCUT2D eigenvalue weighted by Gasteiger charge is -2.42. The van der Waals surface area contributed by atoms with Gasteiger partial charge in [0, 0.05) is 42.9 Å². The Balaban J connectivity index is 1.53. The van der Waals surface area contributed by atoms with Gasteiger partial charge in [-0.25, -0.2) is 9.78 Å². The molecule has 1 fully saturated rings. The first kappa shape index (κ1) is 23.3. The summed E-state index contributed by atoms with van der Waals surface area (Å²) in [5.74, 6) is 0.738. The van der Waals surface area contributed by atoms with E-state index < -0.39 is 0 Å². The van der Waals surface area contributed by atoms with Crippen LogP contribution in [0.3, 0.4) is 0 Å². The van der Waals surface area contributed by atoms with Crippen molar-refractivity contribution in [2.75, 3.05) is 25.0 Å². The summed E-state index contributed by atoms with van der Waals surface area (Å²) in [6.45, 7) is 10.6. The van der Waals surface area contributed by atoms with E-state index in [4.69, 9.17) is 16.6 Å². The number of aryl methyl sites for hydroxylation is 1. The zero-order valence-corrected chi connectivity index (χ0v) is 20.3. The summed E-state index contributed by atoms with van der Waals surface area (Å²) in [7, 11) is 0. The van der Waals surface area contributed by atoms with E-state index in [0.29, 0.717) is 42.1 Å². The van der Waals surface area contributed by atoms with Gasteiger partial charge in [0.1, 0.15) is 5.82 Å². The molecule has 8 heteroatoms. The number of hydrogen-bond donors (Lipinski definition) is 1. The number of rotatable bonds is 4. The van der Waals surface area contributed by atoms with E-state index >= 15 is 0 Å². The van der Waals surface area contributed by atoms with Crippen molar-refractivity contribution in [3.8, 4) is 0 Å². The number of aromatic nitrogens is 2. The summed E-state index contributed by atoms with van der Waals surface area (Å²) in [6, 6.07) is 12.9. The Bertz CT molecular complexity index is 1240. The quantitative estimate of drug-likeness (QED) is 0.605. The molecule has 0 bridgehead atoms. The number of para-hydroxylation sites is 1.